The van der Waals surface area contributed by atoms with E-state index in [2.05, 4.69) is 25.7 Å². The van der Waals surface area contributed by atoms with Crippen molar-refractivity contribution in [3.8, 4) is 0 Å². The SMILES string of the molecule is Nc1nc(Nc2cccnc2)nn1C(=O)NCc1ccccc1. The molecule has 4 N–H and O–H groups in total. The van der Waals surface area contributed by atoms with Crippen LogP contribution in [0.1, 0.15) is 5.56 Å². The van der Waals surface area contributed by atoms with Gasteiger partial charge >= 0.3 is 6.03 Å². The van der Waals surface area contributed by atoms with Gasteiger partial charge in [0.15, 0.2) is 0 Å². The minimum atomic E-state index is -0.446. The molecule has 0 aliphatic heterocycles. The number of nitrogens with two attached hydrogens (primary N) is 1. The molecule has 0 fully saturated rings. The smallest absolute Gasteiger partial charge is 0.345 e. The van der Waals surface area contributed by atoms with Crippen molar-refractivity contribution in [2.24, 2.45) is 0 Å². The van der Waals surface area contributed by atoms with E-state index in [-0.39, 0.29) is 11.9 Å². The van der Waals surface area contributed by atoms with Gasteiger partial charge in [-0.2, -0.15) is 4.98 Å². The van der Waals surface area contributed by atoms with Gasteiger partial charge in [0.25, 0.3) is 0 Å². The predicted molar refractivity (Wildman–Crippen MR) is 86.0 cm³/mol. The molecular weight excluding hydrogens is 294 g/mol. The van der Waals surface area contributed by atoms with Gasteiger partial charge in [0, 0.05) is 12.7 Å². The van der Waals surface area contributed by atoms with Crippen LogP contribution in [0.15, 0.2) is 54.9 Å². The Labute approximate surface area is 132 Å². The summed E-state index contributed by atoms with van der Waals surface area (Å²) >= 11 is 0. The van der Waals surface area contributed by atoms with Crippen molar-refractivity contribution in [2.75, 3.05) is 11.1 Å². The number of amides is 1. The minimum Gasteiger partial charge on any atom is -0.368 e. The molecule has 3 aromatic rings. The van der Waals surface area contributed by atoms with Gasteiger partial charge in [0.1, 0.15) is 0 Å². The van der Waals surface area contributed by atoms with E-state index >= 15 is 0 Å². The lowest BCUT2D eigenvalue weighted by Crippen LogP contribution is -2.29. The first-order chi connectivity index (χ1) is 11.2. The highest BCUT2D eigenvalue weighted by molar-refractivity contribution is 5.78. The molecule has 0 aliphatic rings. The third-order valence-electron chi connectivity index (χ3n) is 3.03. The zero-order valence-corrected chi connectivity index (χ0v) is 12.2. The van der Waals surface area contributed by atoms with Crippen LogP contribution >= 0.6 is 0 Å². The van der Waals surface area contributed by atoms with E-state index in [1.165, 1.54) is 0 Å². The third-order valence-corrected chi connectivity index (χ3v) is 3.03. The van der Waals surface area contributed by atoms with Gasteiger partial charge in [-0.25, -0.2) is 4.79 Å². The van der Waals surface area contributed by atoms with Gasteiger partial charge in [-0.15, -0.1) is 9.78 Å². The van der Waals surface area contributed by atoms with Gasteiger partial charge in [-0.3, -0.25) is 4.98 Å². The predicted octanol–water partition coefficient (Wildman–Crippen LogP) is 1.76. The highest BCUT2D eigenvalue weighted by atomic mass is 16.2. The van der Waals surface area contributed by atoms with Gasteiger partial charge < -0.3 is 16.4 Å². The van der Waals surface area contributed by atoms with Gasteiger partial charge in [0.2, 0.25) is 11.9 Å². The van der Waals surface area contributed by atoms with Crippen LogP contribution in [0.3, 0.4) is 0 Å². The van der Waals surface area contributed by atoms with Crippen LogP contribution in [0.4, 0.5) is 22.4 Å². The molecule has 0 aliphatic carbocycles. The van der Waals surface area contributed by atoms with E-state index in [9.17, 15) is 4.79 Å². The number of nitrogen functional groups attached to an aromatic ring is 1. The van der Waals surface area contributed by atoms with Crippen molar-refractivity contribution in [1.29, 1.82) is 0 Å². The number of aromatic nitrogens is 4. The summed E-state index contributed by atoms with van der Waals surface area (Å²) in [5, 5.41) is 9.71. The molecule has 0 atom stereocenters. The van der Waals surface area contributed by atoms with Crippen LogP contribution < -0.4 is 16.4 Å². The van der Waals surface area contributed by atoms with Crippen LogP contribution in [0.5, 0.6) is 0 Å². The third kappa shape index (κ3) is 3.62. The maximum atomic E-state index is 12.1. The number of nitrogens with one attached hydrogen (secondary N) is 2. The quantitative estimate of drug-likeness (QED) is 0.677. The Hall–Kier alpha value is -3.42. The largest absolute Gasteiger partial charge is 0.368 e. The Morgan fingerprint density at radius 2 is 2.00 bits per heavy atom. The first kappa shape index (κ1) is 14.5. The Morgan fingerprint density at radius 1 is 1.17 bits per heavy atom. The maximum absolute atomic E-state index is 12.1. The first-order valence-electron chi connectivity index (χ1n) is 6.94. The fourth-order valence-corrected chi connectivity index (χ4v) is 1.94. The Bertz CT molecular complexity index is 786. The summed E-state index contributed by atoms with van der Waals surface area (Å²) in [6.45, 7) is 0.379. The molecule has 0 saturated carbocycles. The summed E-state index contributed by atoms with van der Waals surface area (Å²) in [6.07, 6.45) is 3.27. The van der Waals surface area contributed by atoms with Crippen LogP contribution in [0.25, 0.3) is 0 Å². The van der Waals surface area contributed by atoms with Crippen molar-refractivity contribution in [3.05, 3.63) is 60.4 Å². The normalized spacial score (nSPS) is 10.3. The average Bonchev–Trinajstić information content (AvgIpc) is 2.95. The number of hydrogen-bond donors (Lipinski definition) is 3. The summed E-state index contributed by atoms with van der Waals surface area (Å²) in [6, 6.07) is 12.7. The standard InChI is InChI=1S/C15H15N7O/c16-13-20-14(19-12-7-4-8-17-10-12)21-22(13)15(23)18-9-11-5-2-1-3-6-11/h1-8,10H,9H2,(H,18,23)(H3,16,19,20,21). The molecule has 0 saturated heterocycles. The van der Waals surface area contributed by atoms with Crippen LogP contribution in [0, 0.1) is 0 Å². The molecule has 1 amide bonds. The second-order valence-electron chi connectivity index (χ2n) is 4.72. The lowest BCUT2D eigenvalue weighted by molar-refractivity contribution is 0.239. The topological polar surface area (TPSA) is 111 Å². The Kier molecular flexibility index (Phi) is 4.14. The molecule has 0 radical (unpaired) electrons. The molecule has 0 bridgehead atoms. The van der Waals surface area contributed by atoms with E-state index in [1.807, 2.05) is 30.3 Å². The van der Waals surface area contributed by atoms with Gasteiger partial charge in [-0.1, -0.05) is 30.3 Å². The Balaban J connectivity index is 1.67. The van der Waals surface area contributed by atoms with Crippen molar-refractivity contribution >= 4 is 23.6 Å². The van der Waals surface area contributed by atoms with Crippen LogP contribution in [0.2, 0.25) is 0 Å². The zero-order chi connectivity index (χ0) is 16.1. The number of carbonyl (C=O) groups is 1. The van der Waals surface area contributed by atoms with Crippen LogP contribution in [-0.4, -0.2) is 25.8 Å². The van der Waals surface area contributed by atoms with E-state index < -0.39 is 6.03 Å². The fourth-order valence-electron chi connectivity index (χ4n) is 1.94. The minimum absolute atomic E-state index is 0.00181. The molecule has 23 heavy (non-hydrogen) atoms. The summed E-state index contributed by atoms with van der Waals surface area (Å²) in [5.74, 6) is 0.229. The average molecular weight is 309 g/mol. The van der Waals surface area contributed by atoms with Crippen molar-refractivity contribution in [1.82, 2.24) is 25.1 Å². The molecule has 0 spiro atoms. The first-order valence-corrected chi connectivity index (χ1v) is 6.94. The molecular formula is C15H15N7O. The molecule has 8 nitrogen and oxygen atoms in total. The zero-order valence-electron chi connectivity index (χ0n) is 12.2. The molecule has 116 valence electrons. The fraction of sp³-hybridized carbons (Fsp3) is 0.0667. The lowest BCUT2D eigenvalue weighted by atomic mass is 10.2. The maximum Gasteiger partial charge on any atom is 0.345 e. The van der Waals surface area contributed by atoms with Crippen molar-refractivity contribution in [2.45, 2.75) is 6.54 Å². The van der Waals surface area contributed by atoms with Crippen LogP contribution in [-0.2, 0) is 6.54 Å². The van der Waals surface area contributed by atoms with Gasteiger partial charge in [-0.05, 0) is 17.7 Å². The van der Waals surface area contributed by atoms with Crippen molar-refractivity contribution in [3.63, 3.8) is 0 Å². The summed E-state index contributed by atoms with van der Waals surface area (Å²) in [5.41, 5.74) is 7.42. The number of hydrogen-bond acceptors (Lipinski definition) is 6. The molecule has 0 unspecified atom stereocenters. The number of nitrogens with zero attached hydrogens (tertiary/aromatic N) is 4. The number of benzene rings is 1. The summed E-state index contributed by atoms with van der Waals surface area (Å²) < 4.78 is 1.02. The van der Waals surface area contributed by atoms with Crippen molar-refractivity contribution < 1.29 is 4.79 Å². The monoisotopic (exact) mass is 309 g/mol. The molecule has 2 aromatic heterocycles. The number of carbonyl (C=O) groups excluding carboxylic acids is 1. The molecule has 1 aromatic carbocycles. The molecule has 3 rings (SSSR count). The van der Waals surface area contributed by atoms with E-state index in [4.69, 9.17) is 5.73 Å². The number of rotatable bonds is 4. The van der Waals surface area contributed by atoms with E-state index in [0.29, 0.717) is 12.2 Å². The van der Waals surface area contributed by atoms with E-state index in [0.717, 1.165) is 10.2 Å². The highest BCUT2D eigenvalue weighted by Crippen LogP contribution is 2.12. The molecule has 8 heteroatoms. The van der Waals surface area contributed by atoms with E-state index in [1.54, 1.807) is 24.5 Å². The van der Waals surface area contributed by atoms with Gasteiger partial charge in [0.05, 0.1) is 11.9 Å². The second kappa shape index (κ2) is 6.56. The lowest BCUT2D eigenvalue weighted by Gasteiger charge is -2.05. The summed E-state index contributed by atoms with van der Waals surface area (Å²) in [7, 11) is 0. The number of pyridine rings is 1. The molecule has 2 heterocycles. The second-order valence-corrected chi connectivity index (χ2v) is 4.72. The highest BCUT2D eigenvalue weighted by Gasteiger charge is 2.13. The Morgan fingerprint density at radius 3 is 2.74 bits per heavy atom. The number of anilines is 3. The summed E-state index contributed by atoms with van der Waals surface area (Å²) in [4.78, 5) is 20.1.